The molecule has 1 aromatic heterocycles. The summed E-state index contributed by atoms with van der Waals surface area (Å²) in [6.07, 6.45) is 1.77. The van der Waals surface area contributed by atoms with Crippen molar-refractivity contribution in [2.75, 3.05) is 16.4 Å². The third-order valence-corrected chi connectivity index (χ3v) is 4.89. The van der Waals surface area contributed by atoms with Crippen LogP contribution in [0.1, 0.15) is 26.1 Å². The third kappa shape index (κ3) is 5.29. The molecule has 2 aromatic carbocycles. The number of nitrogens with one attached hydrogen (secondary N) is 2. The smallest absolute Gasteiger partial charge is 0.234 e. The quantitative estimate of drug-likeness (QED) is 0.462. The molecule has 0 fully saturated rings. The molecule has 0 aliphatic heterocycles. The SMILES string of the molecule is CCCc1nc(SCC(=O)Nc2cccc(NC(C)=O)c2)c2ccccc2n1. The number of hydrogen-bond acceptors (Lipinski definition) is 5. The molecule has 144 valence electrons. The molecule has 0 saturated heterocycles. The van der Waals surface area contributed by atoms with Crippen LogP contribution in [0.3, 0.4) is 0 Å². The van der Waals surface area contributed by atoms with Gasteiger partial charge in [-0.05, 0) is 30.7 Å². The zero-order valence-electron chi connectivity index (χ0n) is 15.9. The number of fused-ring (bicyclic) bond motifs is 1. The van der Waals surface area contributed by atoms with Crippen molar-refractivity contribution in [1.82, 2.24) is 9.97 Å². The second-order valence-electron chi connectivity index (χ2n) is 6.31. The molecule has 2 amide bonds. The fourth-order valence-corrected chi connectivity index (χ4v) is 3.59. The van der Waals surface area contributed by atoms with Crippen LogP contribution in [0.4, 0.5) is 11.4 Å². The van der Waals surface area contributed by atoms with Crippen LogP contribution in [0.25, 0.3) is 10.9 Å². The number of aryl methyl sites for hydroxylation is 1. The normalized spacial score (nSPS) is 10.6. The number of benzene rings is 2. The maximum Gasteiger partial charge on any atom is 0.234 e. The molecule has 0 saturated carbocycles. The van der Waals surface area contributed by atoms with Crippen molar-refractivity contribution in [3.05, 3.63) is 54.4 Å². The minimum Gasteiger partial charge on any atom is -0.326 e. The Kier molecular flexibility index (Phi) is 6.60. The van der Waals surface area contributed by atoms with E-state index in [4.69, 9.17) is 0 Å². The Labute approximate surface area is 168 Å². The van der Waals surface area contributed by atoms with Crippen molar-refractivity contribution in [2.45, 2.75) is 31.7 Å². The van der Waals surface area contributed by atoms with Gasteiger partial charge in [-0.2, -0.15) is 0 Å². The van der Waals surface area contributed by atoms with Gasteiger partial charge in [-0.1, -0.05) is 43.0 Å². The first-order valence-electron chi connectivity index (χ1n) is 9.11. The zero-order chi connectivity index (χ0) is 19.9. The number of hydrogen-bond donors (Lipinski definition) is 2. The van der Waals surface area contributed by atoms with Gasteiger partial charge in [0.1, 0.15) is 10.9 Å². The van der Waals surface area contributed by atoms with Crippen LogP contribution in [0.5, 0.6) is 0 Å². The Balaban J connectivity index is 1.70. The van der Waals surface area contributed by atoms with Crippen LogP contribution in [0.15, 0.2) is 53.6 Å². The summed E-state index contributed by atoms with van der Waals surface area (Å²) in [6, 6.07) is 14.9. The van der Waals surface area contributed by atoms with Crippen molar-refractivity contribution < 1.29 is 9.59 Å². The first-order chi connectivity index (χ1) is 13.5. The molecule has 3 aromatic rings. The van der Waals surface area contributed by atoms with Crippen LogP contribution < -0.4 is 10.6 Å². The van der Waals surface area contributed by atoms with Crippen LogP contribution in [-0.4, -0.2) is 27.5 Å². The molecular formula is C21H22N4O2S. The van der Waals surface area contributed by atoms with Gasteiger partial charge in [0.05, 0.1) is 11.3 Å². The third-order valence-electron chi connectivity index (χ3n) is 3.89. The molecule has 0 bridgehead atoms. The number of amides is 2. The first-order valence-corrected chi connectivity index (χ1v) is 10.1. The van der Waals surface area contributed by atoms with Gasteiger partial charge in [0.2, 0.25) is 11.8 Å². The minimum atomic E-state index is -0.155. The number of carbonyl (C=O) groups is 2. The molecule has 0 atom stereocenters. The van der Waals surface area contributed by atoms with E-state index in [1.54, 1.807) is 24.3 Å². The van der Waals surface area contributed by atoms with Gasteiger partial charge in [-0.3, -0.25) is 9.59 Å². The molecule has 0 aliphatic rings. The lowest BCUT2D eigenvalue weighted by Gasteiger charge is -2.09. The summed E-state index contributed by atoms with van der Waals surface area (Å²) in [5.41, 5.74) is 2.17. The molecule has 1 heterocycles. The number of carbonyl (C=O) groups excluding carboxylic acids is 2. The predicted molar refractivity (Wildman–Crippen MR) is 114 cm³/mol. The summed E-state index contributed by atoms with van der Waals surface area (Å²) in [7, 11) is 0. The van der Waals surface area contributed by atoms with Crippen molar-refractivity contribution >= 4 is 45.9 Å². The number of anilines is 2. The average Bonchev–Trinajstić information content (AvgIpc) is 2.66. The maximum absolute atomic E-state index is 12.4. The number of aromatic nitrogens is 2. The Morgan fingerprint density at radius 1 is 1.00 bits per heavy atom. The monoisotopic (exact) mass is 394 g/mol. The zero-order valence-corrected chi connectivity index (χ0v) is 16.7. The number of para-hydroxylation sites is 1. The Bertz CT molecular complexity index is 1010. The molecule has 28 heavy (non-hydrogen) atoms. The second kappa shape index (κ2) is 9.32. The van der Waals surface area contributed by atoms with E-state index in [2.05, 4.69) is 27.5 Å². The van der Waals surface area contributed by atoms with Crippen molar-refractivity contribution in [3.63, 3.8) is 0 Å². The predicted octanol–water partition coefficient (Wildman–Crippen LogP) is 4.27. The van der Waals surface area contributed by atoms with Crippen molar-refractivity contribution in [3.8, 4) is 0 Å². The largest absolute Gasteiger partial charge is 0.326 e. The molecular weight excluding hydrogens is 372 g/mol. The Morgan fingerprint density at radius 3 is 2.50 bits per heavy atom. The molecule has 2 N–H and O–H groups in total. The molecule has 0 unspecified atom stereocenters. The molecule has 3 rings (SSSR count). The van der Waals surface area contributed by atoms with Crippen molar-refractivity contribution in [1.29, 1.82) is 0 Å². The van der Waals surface area contributed by atoms with Crippen LogP contribution >= 0.6 is 11.8 Å². The highest BCUT2D eigenvalue weighted by molar-refractivity contribution is 8.00. The van der Waals surface area contributed by atoms with Gasteiger partial charge in [-0.25, -0.2) is 9.97 Å². The minimum absolute atomic E-state index is 0.135. The van der Waals surface area contributed by atoms with Crippen LogP contribution in [0.2, 0.25) is 0 Å². The molecule has 0 radical (unpaired) electrons. The Morgan fingerprint density at radius 2 is 1.75 bits per heavy atom. The highest BCUT2D eigenvalue weighted by Crippen LogP contribution is 2.26. The molecule has 6 nitrogen and oxygen atoms in total. The van der Waals surface area contributed by atoms with E-state index in [0.717, 1.165) is 34.6 Å². The van der Waals surface area contributed by atoms with Crippen molar-refractivity contribution in [2.24, 2.45) is 0 Å². The second-order valence-corrected chi connectivity index (χ2v) is 7.28. The molecule has 0 aliphatic carbocycles. The van der Waals surface area contributed by atoms with E-state index >= 15 is 0 Å². The summed E-state index contributed by atoms with van der Waals surface area (Å²) in [4.78, 5) is 32.8. The maximum atomic E-state index is 12.4. The van der Waals surface area contributed by atoms with E-state index < -0.39 is 0 Å². The highest BCUT2D eigenvalue weighted by atomic mass is 32.2. The first kappa shape index (κ1) is 19.8. The summed E-state index contributed by atoms with van der Waals surface area (Å²) in [5.74, 6) is 0.742. The summed E-state index contributed by atoms with van der Waals surface area (Å²) in [5, 5.41) is 7.33. The number of thioether (sulfide) groups is 1. The lowest BCUT2D eigenvalue weighted by molar-refractivity contribution is -0.114. The topological polar surface area (TPSA) is 84.0 Å². The number of rotatable bonds is 7. The summed E-state index contributed by atoms with van der Waals surface area (Å²) in [6.45, 7) is 3.54. The van der Waals surface area contributed by atoms with Gasteiger partial charge in [-0.15, -0.1) is 0 Å². The summed E-state index contributed by atoms with van der Waals surface area (Å²) < 4.78 is 0. The molecule has 0 spiro atoms. The van der Waals surface area contributed by atoms with E-state index in [1.165, 1.54) is 18.7 Å². The molecule has 7 heteroatoms. The van der Waals surface area contributed by atoms with Crippen LogP contribution in [0, 0.1) is 0 Å². The fraction of sp³-hybridized carbons (Fsp3) is 0.238. The average molecular weight is 395 g/mol. The van der Waals surface area contributed by atoms with Gasteiger partial charge in [0.15, 0.2) is 0 Å². The van der Waals surface area contributed by atoms with Gasteiger partial charge < -0.3 is 10.6 Å². The van der Waals surface area contributed by atoms with E-state index in [1.807, 2.05) is 24.3 Å². The van der Waals surface area contributed by atoms with E-state index in [9.17, 15) is 9.59 Å². The number of nitrogens with zero attached hydrogens (tertiary/aromatic N) is 2. The van der Waals surface area contributed by atoms with Crippen LogP contribution in [-0.2, 0) is 16.0 Å². The fourth-order valence-electron chi connectivity index (χ4n) is 2.75. The standard InChI is InChI=1S/C21H22N4O2S/c1-3-7-19-24-18-11-5-4-10-17(18)21(25-19)28-13-20(27)23-16-9-6-8-15(12-16)22-14(2)26/h4-6,8-12H,3,7,13H2,1-2H3,(H,22,26)(H,23,27). The van der Waals surface area contributed by atoms with E-state index in [-0.39, 0.29) is 17.6 Å². The lowest BCUT2D eigenvalue weighted by Crippen LogP contribution is -2.14. The Hall–Kier alpha value is -2.93. The lowest BCUT2D eigenvalue weighted by atomic mass is 10.2. The summed E-state index contributed by atoms with van der Waals surface area (Å²) >= 11 is 1.40. The highest BCUT2D eigenvalue weighted by Gasteiger charge is 2.11. The van der Waals surface area contributed by atoms with Gasteiger partial charge >= 0.3 is 0 Å². The van der Waals surface area contributed by atoms with Gasteiger partial charge in [0, 0.05) is 30.1 Å². The van der Waals surface area contributed by atoms with E-state index in [0.29, 0.717) is 11.4 Å². The van der Waals surface area contributed by atoms with Gasteiger partial charge in [0.25, 0.3) is 0 Å².